The van der Waals surface area contributed by atoms with Crippen LogP contribution in [0.1, 0.15) is 5.89 Å². The number of hydrogen-bond donors (Lipinski definition) is 0. The Hall–Kier alpha value is -3.40. The number of benzene rings is 2. The molecule has 1 amide bonds. The summed E-state index contributed by atoms with van der Waals surface area (Å²) in [6.07, 6.45) is 0.111. The molecule has 0 aliphatic carbocycles. The average molecular weight is 428 g/mol. The van der Waals surface area contributed by atoms with E-state index in [1.54, 1.807) is 31.3 Å². The maximum atomic E-state index is 13.0. The van der Waals surface area contributed by atoms with E-state index < -0.39 is 22.0 Å². The molecular formula is C20H20N4O5S. The molecule has 2 aromatic carbocycles. The van der Waals surface area contributed by atoms with E-state index in [2.05, 4.69) is 10.1 Å². The minimum Gasteiger partial charge on any atom is -0.476 e. The van der Waals surface area contributed by atoms with E-state index in [1.807, 2.05) is 30.3 Å². The maximum absolute atomic E-state index is 13.0. The van der Waals surface area contributed by atoms with Crippen molar-refractivity contribution in [3.63, 3.8) is 0 Å². The Balaban J connectivity index is 1.50. The van der Waals surface area contributed by atoms with E-state index >= 15 is 0 Å². The molecule has 0 bridgehead atoms. The van der Waals surface area contributed by atoms with Crippen molar-refractivity contribution < 1.29 is 22.5 Å². The molecule has 1 atom stereocenters. The summed E-state index contributed by atoms with van der Waals surface area (Å²) in [4.78, 5) is 18.6. The van der Waals surface area contributed by atoms with E-state index in [1.165, 1.54) is 9.21 Å². The van der Waals surface area contributed by atoms with Crippen molar-refractivity contribution in [3.8, 4) is 17.1 Å². The van der Waals surface area contributed by atoms with Crippen LogP contribution in [-0.2, 0) is 21.4 Å². The van der Waals surface area contributed by atoms with E-state index in [0.717, 1.165) is 11.8 Å². The van der Waals surface area contributed by atoms with Gasteiger partial charge in [-0.2, -0.15) is 4.98 Å². The molecule has 3 aromatic rings. The van der Waals surface area contributed by atoms with Crippen LogP contribution in [0.25, 0.3) is 11.4 Å². The van der Waals surface area contributed by atoms with Gasteiger partial charge in [-0.25, -0.2) is 8.42 Å². The highest BCUT2D eigenvalue weighted by molar-refractivity contribution is 7.92. The van der Waals surface area contributed by atoms with Gasteiger partial charge < -0.3 is 14.2 Å². The summed E-state index contributed by atoms with van der Waals surface area (Å²) in [5.41, 5.74) is 1.22. The number of sulfonamides is 1. The van der Waals surface area contributed by atoms with Crippen molar-refractivity contribution >= 4 is 21.6 Å². The highest BCUT2D eigenvalue weighted by Crippen LogP contribution is 2.35. The first-order chi connectivity index (χ1) is 14.3. The minimum atomic E-state index is -3.58. The van der Waals surface area contributed by atoms with Gasteiger partial charge in [-0.05, 0) is 12.1 Å². The number of para-hydroxylation sites is 2. The predicted molar refractivity (Wildman–Crippen MR) is 109 cm³/mol. The van der Waals surface area contributed by atoms with Crippen LogP contribution in [0.5, 0.6) is 5.75 Å². The third kappa shape index (κ3) is 3.99. The Bertz CT molecular complexity index is 1160. The SMILES string of the molecule is CN(Cc1nc(-c2ccccc2)no1)C(=O)C1CN(S(C)(=O)=O)c2ccccc2O1. The number of fused-ring (bicyclic) bond motifs is 1. The smallest absolute Gasteiger partial charge is 0.265 e. The number of hydrogen-bond acceptors (Lipinski definition) is 7. The van der Waals surface area contributed by atoms with Crippen molar-refractivity contribution in [2.75, 3.05) is 24.2 Å². The summed E-state index contributed by atoms with van der Waals surface area (Å²) < 4.78 is 36.7. The number of anilines is 1. The van der Waals surface area contributed by atoms with Crippen LogP contribution in [0, 0.1) is 0 Å². The van der Waals surface area contributed by atoms with Crippen molar-refractivity contribution in [1.82, 2.24) is 15.0 Å². The first kappa shape index (κ1) is 19.9. The van der Waals surface area contributed by atoms with E-state index in [0.29, 0.717) is 17.3 Å². The number of carbonyl (C=O) groups excluding carboxylic acids is 1. The summed E-state index contributed by atoms with van der Waals surface area (Å²) in [7, 11) is -2.00. The predicted octanol–water partition coefficient (Wildman–Crippen LogP) is 1.92. The molecule has 0 saturated carbocycles. The largest absolute Gasteiger partial charge is 0.476 e. The molecule has 0 radical (unpaired) electrons. The molecule has 1 aliphatic rings. The topological polar surface area (TPSA) is 106 Å². The lowest BCUT2D eigenvalue weighted by molar-refractivity contribution is -0.138. The Kier molecular flexibility index (Phi) is 5.17. The van der Waals surface area contributed by atoms with Crippen molar-refractivity contribution in [2.45, 2.75) is 12.6 Å². The van der Waals surface area contributed by atoms with Crippen LogP contribution in [0.4, 0.5) is 5.69 Å². The molecule has 0 fully saturated rings. The van der Waals surface area contributed by atoms with Gasteiger partial charge in [0.2, 0.25) is 21.7 Å². The number of amides is 1. The maximum Gasteiger partial charge on any atom is 0.265 e. The second kappa shape index (κ2) is 7.79. The van der Waals surface area contributed by atoms with Crippen LogP contribution >= 0.6 is 0 Å². The number of ether oxygens (including phenoxy) is 1. The van der Waals surface area contributed by atoms with Crippen LogP contribution in [0.2, 0.25) is 0 Å². The molecule has 10 heteroatoms. The lowest BCUT2D eigenvalue weighted by atomic mass is 10.2. The summed E-state index contributed by atoms with van der Waals surface area (Å²) in [6.45, 7) is -0.0445. The van der Waals surface area contributed by atoms with Crippen LogP contribution in [0.15, 0.2) is 59.1 Å². The van der Waals surface area contributed by atoms with Gasteiger partial charge in [0.1, 0.15) is 5.75 Å². The summed E-state index contributed by atoms with van der Waals surface area (Å²) in [5.74, 6) is 0.640. The normalized spacial score (nSPS) is 15.9. The van der Waals surface area contributed by atoms with Gasteiger partial charge in [0.05, 0.1) is 25.0 Å². The van der Waals surface area contributed by atoms with Gasteiger partial charge in [0, 0.05) is 12.6 Å². The van der Waals surface area contributed by atoms with Gasteiger partial charge in [-0.15, -0.1) is 0 Å². The molecule has 1 unspecified atom stereocenters. The number of likely N-dealkylation sites (N-methyl/N-ethyl adjacent to an activating group) is 1. The fourth-order valence-corrected chi connectivity index (χ4v) is 4.11. The molecule has 156 valence electrons. The fraction of sp³-hybridized carbons (Fsp3) is 0.250. The lowest BCUT2D eigenvalue weighted by Gasteiger charge is -2.35. The van der Waals surface area contributed by atoms with Crippen molar-refractivity contribution in [3.05, 3.63) is 60.5 Å². The molecular weight excluding hydrogens is 408 g/mol. The van der Waals surface area contributed by atoms with Gasteiger partial charge in [0.25, 0.3) is 5.91 Å². The quantitative estimate of drug-likeness (QED) is 0.611. The average Bonchev–Trinajstić information content (AvgIpc) is 3.20. The monoisotopic (exact) mass is 428 g/mol. The zero-order valence-electron chi connectivity index (χ0n) is 16.4. The standard InChI is InChI=1S/C20H20N4O5S/c1-23(13-18-21-19(22-29-18)14-8-4-3-5-9-14)20(25)17-12-24(30(2,26)27)15-10-6-7-11-16(15)28-17/h3-11,17H,12-13H2,1-2H3. The second-order valence-corrected chi connectivity index (χ2v) is 8.85. The van der Waals surface area contributed by atoms with E-state index in [9.17, 15) is 13.2 Å². The highest BCUT2D eigenvalue weighted by atomic mass is 32.2. The Morgan fingerprint density at radius 3 is 2.60 bits per heavy atom. The van der Waals surface area contributed by atoms with Crippen molar-refractivity contribution in [2.24, 2.45) is 0 Å². The molecule has 0 N–H and O–H groups in total. The fourth-order valence-electron chi connectivity index (χ4n) is 3.20. The highest BCUT2D eigenvalue weighted by Gasteiger charge is 2.36. The first-order valence-electron chi connectivity index (χ1n) is 9.19. The van der Waals surface area contributed by atoms with Crippen molar-refractivity contribution in [1.29, 1.82) is 0 Å². The Morgan fingerprint density at radius 2 is 1.87 bits per heavy atom. The van der Waals surface area contributed by atoms with E-state index in [-0.39, 0.29) is 19.0 Å². The Labute approximate surface area is 173 Å². The molecule has 0 saturated heterocycles. The lowest BCUT2D eigenvalue weighted by Crippen LogP contribution is -2.50. The van der Waals surface area contributed by atoms with Crippen LogP contribution in [-0.4, -0.2) is 55.3 Å². The van der Waals surface area contributed by atoms with Gasteiger partial charge in [-0.1, -0.05) is 47.6 Å². The number of nitrogens with zero attached hydrogens (tertiary/aromatic N) is 4. The summed E-state index contributed by atoms with van der Waals surface area (Å²) in [5, 5.41) is 3.94. The van der Waals surface area contributed by atoms with Gasteiger partial charge >= 0.3 is 0 Å². The third-order valence-electron chi connectivity index (χ3n) is 4.66. The van der Waals surface area contributed by atoms with E-state index in [4.69, 9.17) is 9.26 Å². The molecule has 9 nitrogen and oxygen atoms in total. The van der Waals surface area contributed by atoms with Crippen LogP contribution < -0.4 is 9.04 Å². The summed E-state index contributed by atoms with van der Waals surface area (Å²) >= 11 is 0. The first-order valence-corrected chi connectivity index (χ1v) is 11.0. The van der Waals surface area contributed by atoms with Crippen LogP contribution in [0.3, 0.4) is 0 Å². The number of aromatic nitrogens is 2. The third-order valence-corrected chi connectivity index (χ3v) is 5.81. The Morgan fingerprint density at radius 1 is 1.17 bits per heavy atom. The molecule has 4 rings (SSSR count). The zero-order valence-corrected chi connectivity index (χ0v) is 17.2. The zero-order chi connectivity index (χ0) is 21.3. The van der Waals surface area contributed by atoms with Gasteiger partial charge in [-0.3, -0.25) is 9.10 Å². The molecule has 1 aromatic heterocycles. The molecule has 0 spiro atoms. The van der Waals surface area contributed by atoms with Gasteiger partial charge in [0.15, 0.2) is 6.10 Å². The minimum absolute atomic E-state index is 0.0685. The molecule has 30 heavy (non-hydrogen) atoms. The second-order valence-electron chi connectivity index (χ2n) is 6.94. The molecule has 2 heterocycles. The number of carbonyl (C=O) groups is 1. The summed E-state index contributed by atoms with van der Waals surface area (Å²) in [6, 6.07) is 16.1. The molecule has 1 aliphatic heterocycles. The number of rotatable bonds is 5.